The third-order valence-corrected chi connectivity index (χ3v) is 4.76. The summed E-state index contributed by atoms with van der Waals surface area (Å²) in [7, 11) is 0. The fourth-order valence-electron chi connectivity index (χ4n) is 3.27. The van der Waals surface area contributed by atoms with Crippen molar-refractivity contribution in [2.24, 2.45) is 0 Å². The Bertz CT molecular complexity index is 1080. The number of aromatic nitrogens is 2. The maximum absolute atomic E-state index is 10.6. The molecule has 5 heteroatoms. The fraction of sp³-hybridized carbons (Fsp3) is 0.208. The van der Waals surface area contributed by atoms with Crippen molar-refractivity contribution >= 4 is 11.0 Å². The van der Waals surface area contributed by atoms with Crippen LogP contribution in [-0.4, -0.2) is 27.4 Å². The molecular weight excluding hydrogens is 364 g/mol. The Hall–Kier alpha value is -3.31. The van der Waals surface area contributed by atoms with Gasteiger partial charge in [0.05, 0.1) is 17.6 Å². The van der Waals surface area contributed by atoms with Gasteiger partial charge in [-0.1, -0.05) is 48.5 Å². The molecule has 5 nitrogen and oxygen atoms in total. The number of rotatable bonds is 8. The minimum absolute atomic E-state index is 0.205. The molecule has 0 radical (unpaired) electrons. The van der Waals surface area contributed by atoms with Crippen molar-refractivity contribution in [3.05, 3.63) is 90.3 Å². The first kappa shape index (κ1) is 19.0. The molecule has 0 bridgehead atoms. The van der Waals surface area contributed by atoms with Gasteiger partial charge in [0.1, 0.15) is 36.6 Å². The van der Waals surface area contributed by atoms with Crippen molar-refractivity contribution < 1.29 is 14.6 Å². The highest BCUT2D eigenvalue weighted by molar-refractivity contribution is 5.75. The van der Waals surface area contributed by atoms with E-state index < -0.39 is 6.10 Å². The Balaban J connectivity index is 1.49. The molecule has 4 aromatic rings. The topological polar surface area (TPSA) is 56.5 Å². The van der Waals surface area contributed by atoms with Gasteiger partial charge in [-0.15, -0.1) is 0 Å². The normalized spacial score (nSPS) is 12.1. The van der Waals surface area contributed by atoms with E-state index in [0.717, 1.165) is 33.9 Å². The minimum Gasteiger partial charge on any atom is -0.491 e. The molecule has 0 aliphatic rings. The summed E-state index contributed by atoms with van der Waals surface area (Å²) in [5, 5.41) is 10.6. The molecule has 1 N–H and O–H groups in total. The molecule has 0 unspecified atom stereocenters. The molecule has 0 spiro atoms. The van der Waals surface area contributed by atoms with Gasteiger partial charge in [-0.05, 0) is 42.8 Å². The van der Waals surface area contributed by atoms with E-state index in [4.69, 9.17) is 14.5 Å². The number of nitrogens with zero attached hydrogens (tertiary/aromatic N) is 2. The van der Waals surface area contributed by atoms with Gasteiger partial charge < -0.3 is 19.1 Å². The quantitative estimate of drug-likeness (QED) is 0.487. The minimum atomic E-state index is -0.678. The molecule has 29 heavy (non-hydrogen) atoms. The zero-order valence-corrected chi connectivity index (χ0v) is 16.4. The number of aryl methyl sites for hydroxylation is 1. The van der Waals surface area contributed by atoms with E-state index >= 15 is 0 Å². The number of fused-ring (bicyclic) bond motifs is 1. The van der Waals surface area contributed by atoms with Gasteiger partial charge in [-0.25, -0.2) is 4.98 Å². The maximum atomic E-state index is 10.6. The van der Waals surface area contributed by atoms with Crippen molar-refractivity contribution in [1.29, 1.82) is 0 Å². The van der Waals surface area contributed by atoms with Gasteiger partial charge in [0.15, 0.2) is 0 Å². The number of hydrogen-bond acceptors (Lipinski definition) is 4. The number of aliphatic hydroxyl groups is 1. The number of benzene rings is 3. The van der Waals surface area contributed by atoms with Crippen LogP contribution in [0, 0.1) is 6.92 Å². The number of ether oxygens (including phenoxy) is 2. The van der Waals surface area contributed by atoms with E-state index in [1.54, 1.807) is 0 Å². The van der Waals surface area contributed by atoms with Crippen molar-refractivity contribution in [3.8, 4) is 11.5 Å². The molecule has 0 aliphatic carbocycles. The van der Waals surface area contributed by atoms with Crippen LogP contribution in [0.3, 0.4) is 0 Å². The van der Waals surface area contributed by atoms with E-state index in [1.807, 2.05) is 90.4 Å². The summed E-state index contributed by atoms with van der Waals surface area (Å²) >= 11 is 0. The number of para-hydroxylation sites is 4. The second-order valence-corrected chi connectivity index (χ2v) is 6.96. The average molecular weight is 388 g/mol. The first-order valence-electron chi connectivity index (χ1n) is 9.69. The molecule has 3 aromatic carbocycles. The van der Waals surface area contributed by atoms with Crippen LogP contribution in [0.2, 0.25) is 0 Å². The van der Waals surface area contributed by atoms with Gasteiger partial charge in [0.2, 0.25) is 0 Å². The summed E-state index contributed by atoms with van der Waals surface area (Å²) in [5.41, 5.74) is 2.89. The smallest absolute Gasteiger partial charge is 0.148 e. The molecule has 1 atom stereocenters. The molecule has 0 amide bonds. The molecular formula is C24H24N2O3. The molecule has 1 aromatic heterocycles. The zero-order chi connectivity index (χ0) is 20.1. The lowest BCUT2D eigenvalue weighted by Gasteiger charge is -2.16. The maximum Gasteiger partial charge on any atom is 0.148 e. The highest BCUT2D eigenvalue weighted by Gasteiger charge is 2.15. The van der Waals surface area contributed by atoms with E-state index in [9.17, 15) is 5.11 Å². The van der Waals surface area contributed by atoms with Gasteiger partial charge >= 0.3 is 0 Å². The first-order chi connectivity index (χ1) is 14.2. The van der Waals surface area contributed by atoms with Gasteiger partial charge in [0, 0.05) is 0 Å². The Kier molecular flexibility index (Phi) is 5.77. The predicted octanol–water partition coefficient (Wildman–Crippen LogP) is 4.36. The largest absolute Gasteiger partial charge is 0.491 e. The SMILES string of the molecule is Cc1ccccc1OC[C@H](O)Cn1c(COc2ccccc2)nc2ccccc21. The molecule has 148 valence electrons. The third-order valence-electron chi connectivity index (χ3n) is 4.76. The second kappa shape index (κ2) is 8.80. The van der Waals surface area contributed by atoms with Crippen molar-refractivity contribution in [2.75, 3.05) is 6.61 Å². The average Bonchev–Trinajstić information content (AvgIpc) is 3.10. The van der Waals surface area contributed by atoms with Crippen molar-refractivity contribution in [2.45, 2.75) is 26.2 Å². The van der Waals surface area contributed by atoms with Gasteiger partial charge in [0.25, 0.3) is 0 Å². The van der Waals surface area contributed by atoms with E-state index in [2.05, 4.69) is 0 Å². The van der Waals surface area contributed by atoms with Gasteiger partial charge in [-0.3, -0.25) is 0 Å². The predicted molar refractivity (Wildman–Crippen MR) is 113 cm³/mol. The number of aliphatic hydroxyl groups excluding tert-OH is 1. The van der Waals surface area contributed by atoms with E-state index in [1.165, 1.54) is 0 Å². The molecule has 0 saturated carbocycles. The Morgan fingerprint density at radius 1 is 0.897 bits per heavy atom. The van der Waals surface area contributed by atoms with E-state index in [-0.39, 0.29) is 6.61 Å². The molecule has 0 aliphatic heterocycles. The summed E-state index contributed by atoms with van der Waals surface area (Å²) in [5.74, 6) is 2.34. The van der Waals surface area contributed by atoms with Crippen LogP contribution in [0.4, 0.5) is 0 Å². The van der Waals surface area contributed by atoms with Crippen LogP contribution in [0.15, 0.2) is 78.9 Å². The molecule has 0 saturated heterocycles. The van der Waals surface area contributed by atoms with Gasteiger partial charge in [-0.2, -0.15) is 0 Å². The van der Waals surface area contributed by atoms with Crippen LogP contribution in [0.25, 0.3) is 11.0 Å². The van der Waals surface area contributed by atoms with Crippen molar-refractivity contribution in [1.82, 2.24) is 9.55 Å². The zero-order valence-electron chi connectivity index (χ0n) is 16.4. The van der Waals surface area contributed by atoms with Crippen LogP contribution in [-0.2, 0) is 13.2 Å². The molecule has 0 fully saturated rings. The number of imidazole rings is 1. The van der Waals surface area contributed by atoms with E-state index in [0.29, 0.717) is 13.2 Å². The Morgan fingerprint density at radius 2 is 1.62 bits per heavy atom. The highest BCUT2D eigenvalue weighted by Crippen LogP contribution is 2.20. The lowest BCUT2D eigenvalue weighted by Crippen LogP contribution is -2.25. The molecule has 4 rings (SSSR count). The third kappa shape index (κ3) is 4.58. The Morgan fingerprint density at radius 3 is 2.45 bits per heavy atom. The van der Waals surface area contributed by atoms with Crippen LogP contribution >= 0.6 is 0 Å². The summed E-state index contributed by atoms with van der Waals surface area (Å²) in [6.07, 6.45) is -0.678. The summed E-state index contributed by atoms with van der Waals surface area (Å²) in [6.45, 7) is 2.89. The lowest BCUT2D eigenvalue weighted by molar-refractivity contribution is 0.0914. The summed E-state index contributed by atoms with van der Waals surface area (Å²) < 4.78 is 13.7. The molecule has 1 heterocycles. The van der Waals surface area contributed by atoms with Crippen molar-refractivity contribution in [3.63, 3.8) is 0 Å². The Labute approximate surface area is 170 Å². The second-order valence-electron chi connectivity index (χ2n) is 6.96. The van der Waals surface area contributed by atoms with Crippen LogP contribution < -0.4 is 9.47 Å². The first-order valence-corrected chi connectivity index (χ1v) is 9.69. The summed E-state index contributed by atoms with van der Waals surface area (Å²) in [4.78, 5) is 4.70. The van der Waals surface area contributed by atoms with Crippen LogP contribution in [0.1, 0.15) is 11.4 Å². The van der Waals surface area contributed by atoms with Crippen LogP contribution in [0.5, 0.6) is 11.5 Å². The summed E-state index contributed by atoms with van der Waals surface area (Å²) in [6, 6.07) is 25.3. The number of hydrogen-bond donors (Lipinski definition) is 1. The highest BCUT2D eigenvalue weighted by atomic mass is 16.5. The standard InChI is InChI=1S/C24H24N2O3/c1-18-9-5-8-14-23(18)29-16-19(27)15-26-22-13-7-6-12-21(22)25-24(26)17-28-20-10-3-2-4-11-20/h2-14,19,27H,15-17H2,1H3/t19-/m1/s1. The monoisotopic (exact) mass is 388 g/mol. The fourth-order valence-corrected chi connectivity index (χ4v) is 3.27. The lowest BCUT2D eigenvalue weighted by atomic mass is 10.2.